The fourth-order valence-corrected chi connectivity index (χ4v) is 2.90. The van der Waals surface area contributed by atoms with Crippen LogP contribution in [0.5, 0.6) is 0 Å². The van der Waals surface area contributed by atoms with E-state index in [9.17, 15) is 9.50 Å². The highest BCUT2D eigenvalue weighted by Gasteiger charge is 2.23. The van der Waals surface area contributed by atoms with E-state index in [0.29, 0.717) is 18.7 Å². The number of benzene rings is 1. The lowest BCUT2D eigenvalue weighted by molar-refractivity contribution is 0.188. The molecule has 0 aliphatic carbocycles. The van der Waals surface area contributed by atoms with Gasteiger partial charge < -0.3 is 19.7 Å². The van der Waals surface area contributed by atoms with Gasteiger partial charge in [-0.05, 0) is 38.5 Å². The molecule has 1 saturated heterocycles. The number of aliphatic hydroxyl groups is 1. The maximum atomic E-state index is 13.4. The second-order valence-electron chi connectivity index (χ2n) is 5.85. The molecule has 0 bridgehead atoms. The molecule has 0 unspecified atom stereocenters. The topological polar surface area (TPSA) is 61.0 Å². The Morgan fingerprint density at radius 1 is 1.50 bits per heavy atom. The quantitative estimate of drug-likeness (QED) is 0.432. The van der Waals surface area contributed by atoms with Crippen LogP contribution in [0, 0.1) is 12.7 Å². The molecule has 0 amide bonds. The molecule has 1 aromatic carbocycles. The summed E-state index contributed by atoms with van der Waals surface area (Å²) in [5.74, 6) is 1.24. The first-order valence-corrected chi connectivity index (χ1v) is 7.97. The molecule has 2 N–H and O–H groups in total. The summed E-state index contributed by atoms with van der Waals surface area (Å²) in [5, 5.41) is 13.7. The molecule has 1 aliphatic heterocycles. The van der Waals surface area contributed by atoms with E-state index in [-0.39, 0.29) is 35.9 Å². The monoisotopic (exact) mass is 447 g/mol. The minimum atomic E-state index is -0.297. The number of aliphatic hydroxyl groups excluding tert-OH is 1. The van der Waals surface area contributed by atoms with Crippen LogP contribution < -0.4 is 5.32 Å². The summed E-state index contributed by atoms with van der Waals surface area (Å²) in [7, 11) is 0. The molecule has 2 aromatic rings. The minimum absolute atomic E-state index is 0. The van der Waals surface area contributed by atoms with E-state index < -0.39 is 0 Å². The van der Waals surface area contributed by atoms with E-state index in [1.54, 1.807) is 6.07 Å². The highest BCUT2D eigenvalue weighted by molar-refractivity contribution is 14.0. The van der Waals surface area contributed by atoms with Gasteiger partial charge in [0, 0.05) is 30.6 Å². The van der Waals surface area contributed by atoms with Crippen LogP contribution in [0.25, 0.3) is 11.0 Å². The number of hydrogen-bond donors (Lipinski definition) is 2. The summed E-state index contributed by atoms with van der Waals surface area (Å²) < 4.78 is 19.2. The largest absolute Gasteiger partial charge is 0.459 e. The SMILES string of the molecule is CCNC(=NCc1oc2ccc(F)cc2c1C)N1CC[C@@H](O)C1.I. The first kappa shape index (κ1) is 19.0. The van der Waals surface area contributed by atoms with Gasteiger partial charge in [0.1, 0.15) is 23.7 Å². The number of β-amino-alcohol motifs (C(OH)–C–C–N with tert-alkyl or cyclic N) is 1. The number of nitrogens with zero attached hydrogens (tertiary/aromatic N) is 2. The highest BCUT2D eigenvalue weighted by Crippen LogP contribution is 2.26. The number of aryl methyl sites for hydroxylation is 1. The second kappa shape index (κ2) is 8.15. The zero-order chi connectivity index (χ0) is 16.4. The van der Waals surface area contributed by atoms with Gasteiger partial charge in [-0.25, -0.2) is 9.38 Å². The molecule has 2 heterocycles. The maximum absolute atomic E-state index is 13.4. The molecule has 132 valence electrons. The van der Waals surface area contributed by atoms with Crippen LogP contribution in [-0.4, -0.2) is 41.7 Å². The standard InChI is InChI=1S/C17H22FN3O2.HI/c1-3-19-17(21-7-6-13(22)10-21)20-9-16-11(2)14-8-12(18)4-5-15(14)23-16;/h4-5,8,13,22H,3,6-7,9-10H2,1-2H3,(H,19,20);1H/t13-;/m1./s1. The van der Waals surface area contributed by atoms with Gasteiger partial charge in [-0.3, -0.25) is 0 Å². The predicted octanol–water partition coefficient (Wildman–Crippen LogP) is 3.03. The van der Waals surface area contributed by atoms with Crippen molar-refractivity contribution in [2.24, 2.45) is 4.99 Å². The molecule has 3 rings (SSSR count). The summed E-state index contributed by atoms with van der Waals surface area (Å²) in [6.45, 7) is 6.46. The summed E-state index contributed by atoms with van der Waals surface area (Å²) >= 11 is 0. The van der Waals surface area contributed by atoms with E-state index in [1.807, 2.05) is 18.7 Å². The number of halogens is 2. The second-order valence-corrected chi connectivity index (χ2v) is 5.85. The number of likely N-dealkylation sites (tertiary alicyclic amines) is 1. The van der Waals surface area contributed by atoms with Crippen molar-refractivity contribution in [2.45, 2.75) is 32.9 Å². The van der Waals surface area contributed by atoms with Crippen LogP contribution in [0.15, 0.2) is 27.6 Å². The van der Waals surface area contributed by atoms with Crippen molar-refractivity contribution in [1.82, 2.24) is 10.2 Å². The average Bonchev–Trinajstić information content (AvgIpc) is 3.08. The molecule has 24 heavy (non-hydrogen) atoms. The van der Waals surface area contributed by atoms with Crippen molar-refractivity contribution < 1.29 is 13.9 Å². The lowest BCUT2D eigenvalue weighted by Gasteiger charge is -2.20. The van der Waals surface area contributed by atoms with Crippen molar-refractivity contribution in [2.75, 3.05) is 19.6 Å². The van der Waals surface area contributed by atoms with Crippen molar-refractivity contribution in [3.05, 3.63) is 35.3 Å². The van der Waals surface area contributed by atoms with E-state index in [4.69, 9.17) is 4.42 Å². The first-order chi connectivity index (χ1) is 11.1. The van der Waals surface area contributed by atoms with Gasteiger partial charge in [0.25, 0.3) is 0 Å². The number of rotatable bonds is 3. The Balaban J connectivity index is 0.00000208. The highest BCUT2D eigenvalue weighted by atomic mass is 127. The zero-order valence-electron chi connectivity index (χ0n) is 13.9. The van der Waals surface area contributed by atoms with E-state index in [0.717, 1.165) is 42.2 Å². The Morgan fingerprint density at radius 2 is 2.29 bits per heavy atom. The number of fused-ring (bicyclic) bond motifs is 1. The van der Waals surface area contributed by atoms with E-state index in [2.05, 4.69) is 10.3 Å². The Labute approximate surface area is 157 Å². The van der Waals surface area contributed by atoms with E-state index in [1.165, 1.54) is 12.1 Å². The Kier molecular flexibility index (Phi) is 6.45. The number of aliphatic imine (C=N–C) groups is 1. The van der Waals surface area contributed by atoms with Crippen molar-refractivity contribution in [1.29, 1.82) is 0 Å². The van der Waals surface area contributed by atoms with Crippen LogP contribution in [0.1, 0.15) is 24.7 Å². The summed E-state index contributed by atoms with van der Waals surface area (Å²) in [6.07, 6.45) is 0.461. The number of guanidine groups is 1. The molecular weight excluding hydrogens is 424 g/mol. The molecule has 0 spiro atoms. The molecule has 1 aromatic heterocycles. The minimum Gasteiger partial charge on any atom is -0.459 e. The molecule has 1 aliphatic rings. The molecule has 7 heteroatoms. The summed E-state index contributed by atoms with van der Waals surface area (Å²) in [4.78, 5) is 6.66. The Morgan fingerprint density at radius 3 is 2.96 bits per heavy atom. The van der Waals surface area contributed by atoms with Crippen LogP contribution >= 0.6 is 24.0 Å². The fourth-order valence-electron chi connectivity index (χ4n) is 2.90. The predicted molar refractivity (Wildman–Crippen MR) is 103 cm³/mol. The van der Waals surface area contributed by atoms with Gasteiger partial charge in [0.15, 0.2) is 5.96 Å². The first-order valence-electron chi connectivity index (χ1n) is 7.97. The van der Waals surface area contributed by atoms with Gasteiger partial charge in [-0.1, -0.05) is 0 Å². The average molecular weight is 447 g/mol. The summed E-state index contributed by atoms with van der Waals surface area (Å²) in [6, 6.07) is 4.53. The van der Waals surface area contributed by atoms with Crippen LogP contribution in [0.4, 0.5) is 4.39 Å². The third-order valence-electron chi connectivity index (χ3n) is 4.17. The third-order valence-corrected chi connectivity index (χ3v) is 4.17. The lowest BCUT2D eigenvalue weighted by atomic mass is 10.1. The van der Waals surface area contributed by atoms with E-state index >= 15 is 0 Å². The number of furan rings is 1. The molecule has 1 atom stereocenters. The molecule has 0 saturated carbocycles. The zero-order valence-corrected chi connectivity index (χ0v) is 16.2. The van der Waals surface area contributed by atoms with Gasteiger partial charge in [-0.2, -0.15) is 0 Å². The van der Waals surface area contributed by atoms with Crippen molar-refractivity contribution in [3.8, 4) is 0 Å². The Bertz CT molecular complexity index is 732. The Hall–Kier alpha value is -1.35. The van der Waals surface area contributed by atoms with Gasteiger partial charge >= 0.3 is 0 Å². The lowest BCUT2D eigenvalue weighted by Crippen LogP contribution is -2.40. The van der Waals surface area contributed by atoms with Gasteiger partial charge in [0.2, 0.25) is 0 Å². The van der Waals surface area contributed by atoms with Gasteiger partial charge in [0.05, 0.1) is 6.10 Å². The van der Waals surface area contributed by atoms with Crippen molar-refractivity contribution in [3.63, 3.8) is 0 Å². The van der Waals surface area contributed by atoms with Gasteiger partial charge in [-0.15, -0.1) is 24.0 Å². The van der Waals surface area contributed by atoms with Crippen LogP contribution in [0.2, 0.25) is 0 Å². The normalized spacial score (nSPS) is 18.1. The number of hydrogen-bond acceptors (Lipinski definition) is 3. The summed E-state index contributed by atoms with van der Waals surface area (Å²) in [5.41, 5.74) is 1.59. The maximum Gasteiger partial charge on any atom is 0.194 e. The van der Waals surface area contributed by atoms with Crippen LogP contribution in [-0.2, 0) is 6.54 Å². The molecular formula is C17H23FIN3O2. The third kappa shape index (κ3) is 4.00. The molecule has 0 radical (unpaired) electrons. The molecule has 1 fully saturated rings. The molecule has 5 nitrogen and oxygen atoms in total. The smallest absolute Gasteiger partial charge is 0.194 e. The van der Waals surface area contributed by atoms with Crippen molar-refractivity contribution >= 4 is 40.9 Å². The van der Waals surface area contributed by atoms with Crippen LogP contribution in [0.3, 0.4) is 0 Å². The fraction of sp³-hybridized carbons (Fsp3) is 0.471. The number of nitrogens with one attached hydrogen (secondary N) is 1.